The van der Waals surface area contributed by atoms with Crippen LogP contribution in [0.3, 0.4) is 0 Å². The molecule has 0 saturated heterocycles. The number of aromatic nitrogens is 2. The molecule has 0 aliphatic heterocycles. The second-order valence-electron chi connectivity index (χ2n) is 7.80. The van der Waals surface area contributed by atoms with E-state index in [2.05, 4.69) is 20.6 Å². The molecular weight excluding hydrogens is 422 g/mol. The van der Waals surface area contributed by atoms with Gasteiger partial charge >= 0.3 is 0 Å². The normalized spacial score (nSPS) is 13.0. The highest BCUT2D eigenvalue weighted by Gasteiger charge is 2.21. The monoisotopic (exact) mass is 452 g/mol. The van der Waals surface area contributed by atoms with Crippen molar-refractivity contribution in [3.05, 3.63) is 35.5 Å². The van der Waals surface area contributed by atoms with Crippen LogP contribution in [0.5, 0.6) is 5.88 Å². The highest BCUT2D eigenvalue weighted by atomic mass is 19.1. The fourth-order valence-corrected chi connectivity index (χ4v) is 2.92. The molecular formula is C21H30F2N6O3. The van der Waals surface area contributed by atoms with Crippen molar-refractivity contribution >= 4 is 23.2 Å². The zero-order chi connectivity index (χ0) is 23.8. The van der Waals surface area contributed by atoms with E-state index in [4.69, 9.17) is 20.9 Å². The number of nitrogens with zero attached hydrogens (tertiary/aromatic N) is 2. The predicted molar refractivity (Wildman–Crippen MR) is 118 cm³/mol. The third-order valence-electron chi connectivity index (χ3n) is 4.52. The van der Waals surface area contributed by atoms with Gasteiger partial charge in [0.1, 0.15) is 12.4 Å². The number of rotatable bonds is 12. The van der Waals surface area contributed by atoms with Crippen LogP contribution >= 0.6 is 0 Å². The first-order valence-electron chi connectivity index (χ1n) is 10.2. The van der Waals surface area contributed by atoms with Crippen LogP contribution < -0.4 is 26.8 Å². The first-order chi connectivity index (χ1) is 15.1. The van der Waals surface area contributed by atoms with Gasteiger partial charge in [-0.3, -0.25) is 4.79 Å². The lowest BCUT2D eigenvalue weighted by molar-refractivity contribution is 0.100. The summed E-state index contributed by atoms with van der Waals surface area (Å²) in [7, 11) is 1.49. The first kappa shape index (κ1) is 25.2. The van der Waals surface area contributed by atoms with Crippen molar-refractivity contribution in [2.75, 3.05) is 31.0 Å². The van der Waals surface area contributed by atoms with Gasteiger partial charge < -0.3 is 31.6 Å². The topological polar surface area (TPSA) is 137 Å². The van der Waals surface area contributed by atoms with E-state index < -0.39 is 17.5 Å². The molecule has 11 heteroatoms. The molecule has 176 valence electrons. The number of anilines is 3. The van der Waals surface area contributed by atoms with Crippen molar-refractivity contribution in [1.29, 1.82) is 0 Å². The number of carbonyl (C=O) groups excluding carboxylic acids is 1. The Hall–Kier alpha value is -3.05. The van der Waals surface area contributed by atoms with Crippen LogP contribution in [0.4, 0.5) is 26.1 Å². The largest absolute Gasteiger partial charge is 0.473 e. The molecule has 2 heterocycles. The van der Waals surface area contributed by atoms with Gasteiger partial charge in [-0.1, -0.05) is 13.8 Å². The number of pyridine rings is 2. The summed E-state index contributed by atoms with van der Waals surface area (Å²) < 4.78 is 39.0. The molecule has 0 fully saturated rings. The standard InChI is InChI=1S/C21H30F2N6O3/c1-11(2)7-17(12(3)24)28-20-15(22)9-14(18(25)30)19(29-20)27-13-8-16(23)21(26-10-13)32-6-5-31-4/h8-12,17H,5-7,24H2,1-4H3,(H2,25,30)(H2,27,28,29)/t12-,17+/m0/s1. The van der Waals surface area contributed by atoms with Gasteiger partial charge in [-0.2, -0.15) is 0 Å². The van der Waals surface area contributed by atoms with Gasteiger partial charge in [0.2, 0.25) is 0 Å². The van der Waals surface area contributed by atoms with Gasteiger partial charge in [-0.25, -0.2) is 18.7 Å². The van der Waals surface area contributed by atoms with Gasteiger partial charge in [0.15, 0.2) is 17.5 Å². The van der Waals surface area contributed by atoms with E-state index in [1.54, 1.807) is 6.92 Å². The summed E-state index contributed by atoms with van der Waals surface area (Å²) in [5.74, 6) is -2.44. The van der Waals surface area contributed by atoms with E-state index in [9.17, 15) is 13.6 Å². The van der Waals surface area contributed by atoms with E-state index in [1.807, 2.05) is 13.8 Å². The second kappa shape index (κ2) is 11.5. The number of ether oxygens (including phenoxy) is 2. The summed E-state index contributed by atoms with van der Waals surface area (Å²) in [5.41, 5.74) is 11.4. The third kappa shape index (κ3) is 6.99. The maximum atomic E-state index is 14.7. The lowest BCUT2D eigenvalue weighted by atomic mass is 9.99. The number of amides is 1. The minimum atomic E-state index is -0.899. The smallest absolute Gasteiger partial charge is 0.252 e. The third-order valence-corrected chi connectivity index (χ3v) is 4.52. The van der Waals surface area contributed by atoms with E-state index in [-0.39, 0.29) is 54.1 Å². The van der Waals surface area contributed by atoms with Gasteiger partial charge in [0.05, 0.1) is 24.1 Å². The number of nitrogens with two attached hydrogens (primary N) is 2. The van der Waals surface area contributed by atoms with Gasteiger partial charge in [-0.05, 0) is 25.3 Å². The molecule has 0 unspecified atom stereocenters. The molecule has 0 radical (unpaired) electrons. The number of hydrogen-bond donors (Lipinski definition) is 4. The molecule has 1 amide bonds. The molecule has 2 aromatic heterocycles. The number of primary amides is 1. The fourth-order valence-electron chi connectivity index (χ4n) is 2.92. The highest BCUT2D eigenvalue weighted by molar-refractivity contribution is 5.98. The van der Waals surface area contributed by atoms with E-state index in [0.717, 1.165) is 12.1 Å². The fraction of sp³-hybridized carbons (Fsp3) is 0.476. The minimum absolute atomic E-state index is 0.0522. The number of halogens is 2. The van der Waals surface area contributed by atoms with Gasteiger partial charge in [0.25, 0.3) is 11.8 Å². The van der Waals surface area contributed by atoms with Crippen LogP contribution in [0.2, 0.25) is 0 Å². The summed E-state index contributed by atoms with van der Waals surface area (Å²) in [5, 5.41) is 5.76. The first-order valence-corrected chi connectivity index (χ1v) is 10.2. The van der Waals surface area contributed by atoms with Crippen LogP contribution in [-0.2, 0) is 4.74 Å². The zero-order valence-corrected chi connectivity index (χ0v) is 18.6. The summed E-state index contributed by atoms with van der Waals surface area (Å²) in [6.45, 7) is 6.25. The molecule has 32 heavy (non-hydrogen) atoms. The van der Waals surface area contributed by atoms with E-state index in [0.29, 0.717) is 12.3 Å². The SMILES string of the molecule is COCCOc1ncc(Nc2nc(N[C@H](CC(C)C)[C@H](C)N)c(F)cc2C(N)=O)cc1F. The summed E-state index contributed by atoms with van der Waals surface area (Å²) >= 11 is 0. The molecule has 0 aromatic carbocycles. The lowest BCUT2D eigenvalue weighted by Gasteiger charge is -2.25. The predicted octanol–water partition coefficient (Wildman–Crippen LogP) is 2.80. The van der Waals surface area contributed by atoms with Crippen LogP contribution in [0, 0.1) is 17.6 Å². The Kier molecular flexibility index (Phi) is 9.09. The lowest BCUT2D eigenvalue weighted by Crippen LogP contribution is -2.39. The number of hydrogen-bond acceptors (Lipinski definition) is 8. The Morgan fingerprint density at radius 3 is 2.44 bits per heavy atom. The number of carbonyl (C=O) groups is 1. The van der Waals surface area contributed by atoms with Crippen molar-refractivity contribution in [2.45, 2.75) is 39.3 Å². The quantitative estimate of drug-likeness (QED) is 0.361. The Balaban J connectivity index is 2.32. The maximum absolute atomic E-state index is 14.7. The summed E-state index contributed by atoms with van der Waals surface area (Å²) in [6, 6.07) is 1.54. The van der Waals surface area contributed by atoms with Crippen LogP contribution in [0.25, 0.3) is 0 Å². The van der Waals surface area contributed by atoms with Crippen molar-refractivity contribution in [3.8, 4) is 5.88 Å². The Labute approximate surface area is 185 Å². The van der Waals surface area contributed by atoms with E-state index in [1.165, 1.54) is 13.3 Å². The minimum Gasteiger partial charge on any atom is -0.473 e. The molecule has 0 aliphatic carbocycles. The molecule has 0 spiro atoms. The molecule has 6 N–H and O–H groups in total. The zero-order valence-electron chi connectivity index (χ0n) is 18.6. The molecule has 0 aliphatic rings. The van der Waals surface area contributed by atoms with Crippen LogP contribution in [0.1, 0.15) is 37.6 Å². The molecule has 0 bridgehead atoms. The van der Waals surface area contributed by atoms with Crippen molar-refractivity contribution < 1.29 is 23.0 Å². The van der Waals surface area contributed by atoms with Crippen molar-refractivity contribution in [3.63, 3.8) is 0 Å². The molecule has 9 nitrogen and oxygen atoms in total. The number of nitrogens with one attached hydrogen (secondary N) is 2. The maximum Gasteiger partial charge on any atom is 0.252 e. The Morgan fingerprint density at radius 2 is 1.88 bits per heavy atom. The summed E-state index contributed by atoms with van der Waals surface area (Å²) in [6.07, 6.45) is 1.97. The van der Waals surface area contributed by atoms with Gasteiger partial charge in [-0.15, -0.1) is 0 Å². The molecule has 0 saturated carbocycles. The van der Waals surface area contributed by atoms with Crippen LogP contribution in [-0.4, -0.2) is 48.3 Å². The van der Waals surface area contributed by atoms with Crippen molar-refractivity contribution in [1.82, 2.24) is 9.97 Å². The van der Waals surface area contributed by atoms with E-state index >= 15 is 0 Å². The van der Waals surface area contributed by atoms with Crippen molar-refractivity contribution in [2.24, 2.45) is 17.4 Å². The molecule has 2 rings (SSSR count). The summed E-state index contributed by atoms with van der Waals surface area (Å²) in [4.78, 5) is 19.9. The average molecular weight is 453 g/mol. The average Bonchev–Trinajstić information content (AvgIpc) is 2.70. The number of methoxy groups -OCH3 is 1. The molecule has 2 aromatic rings. The molecule has 2 atom stereocenters. The van der Waals surface area contributed by atoms with Crippen LogP contribution in [0.15, 0.2) is 18.3 Å². The second-order valence-corrected chi connectivity index (χ2v) is 7.80. The van der Waals surface area contributed by atoms with Gasteiger partial charge in [0, 0.05) is 25.3 Å². The Morgan fingerprint density at radius 1 is 1.16 bits per heavy atom. The Bertz CT molecular complexity index is 927. The highest BCUT2D eigenvalue weighted by Crippen LogP contribution is 2.26.